The van der Waals surface area contributed by atoms with Gasteiger partial charge in [0.2, 0.25) is 11.8 Å². The Hall–Kier alpha value is -1.84. The van der Waals surface area contributed by atoms with Gasteiger partial charge in [-0.25, -0.2) is 0 Å². The third-order valence-corrected chi connectivity index (χ3v) is 4.52. The van der Waals surface area contributed by atoms with Crippen LogP contribution in [0.2, 0.25) is 0 Å². The molecule has 1 fully saturated rings. The van der Waals surface area contributed by atoms with Crippen molar-refractivity contribution in [3.8, 4) is 0 Å². The van der Waals surface area contributed by atoms with E-state index in [2.05, 4.69) is 17.4 Å². The van der Waals surface area contributed by atoms with Crippen LogP contribution >= 0.6 is 0 Å². The first-order chi connectivity index (χ1) is 10.0. The van der Waals surface area contributed by atoms with E-state index in [1.54, 1.807) is 4.90 Å². The molecule has 4 heteroatoms. The third-order valence-electron chi connectivity index (χ3n) is 4.52. The van der Waals surface area contributed by atoms with E-state index in [1.165, 1.54) is 17.5 Å². The maximum Gasteiger partial charge on any atom is 0.229 e. The molecule has 3 rings (SSSR count). The molecular formula is C17H22N2O2. The van der Waals surface area contributed by atoms with Crippen LogP contribution in [-0.4, -0.2) is 29.3 Å². The summed E-state index contributed by atoms with van der Waals surface area (Å²) >= 11 is 0. The molecule has 21 heavy (non-hydrogen) atoms. The maximum absolute atomic E-state index is 12.3. The Morgan fingerprint density at radius 2 is 2.05 bits per heavy atom. The van der Waals surface area contributed by atoms with E-state index in [0.29, 0.717) is 13.0 Å². The van der Waals surface area contributed by atoms with Crippen LogP contribution in [0.5, 0.6) is 0 Å². The van der Waals surface area contributed by atoms with Gasteiger partial charge in [0.05, 0.1) is 5.92 Å². The van der Waals surface area contributed by atoms with Gasteiger partial charge in [-0.2, -0.15) is 0 Å². The van der Waals surface area contributed by atoms with Gasteiger partial charge in [-0.1, -0.05) is 6.07 Å². The number of anilines is 1. The molecule has 1 N–H and O–H groups in total. The third kappa shape index (κ3) is 2.80. The Kier molecular flexibility index (Phi) is 3.70. The van der Waals surface area contributed by atoms with E-state index in [0.717, 1.165) is 18.5 Å². The van der Waals surface area contributed by atoms with E-state index < -0.39 is 0 Å². The number of aryl methyl sites for hydroxylation is 2. The fraction of sp³-hybridized carbons (Fsp3) is 0.529. The van der Waals surface area contributed by atoms with Crippen LogP contribution in [-0.2, 0) is 22.4 Å². The van der Waals surface area contributed by atoms with Gasteiger partial charge in [0.25, 0.3) is 0 Å². The highest BCUT2D eigenvalue weighted by atomic mass is 16.2. The largest absolute Gasteiger partial charge is 0.339 e. The summed E-state index contributed by atoms with van der Waals surface area (Å²) in [6, 6.07) is 6.32. The summed E-state index contributed by atoms with van der Waals surface area (Å²) in [7, 11) is 0. The molecule has 1 aromatic rings. The Morgan fingerprint density at radius 3 is 2.76 bits per heavy atom. The molecule has 1 aliphatic carbocycles. The smallest absolute Gasteiger partial charge is 0.229 e. The van der Waals surface area contributed by atoms with Crippen molar-refractivity contribution in [3.05, 3.63) is 29.3 Å². The molecule has 4 nitrogen and oxygen atoms in total. The van der Waals surface area contributed by atoms with Crippen LogP contribution in [0, 0.1) is 5.92 Å². The number of hydrogen-bond donors (Lipinski definition) is 1. The fourth-order valence-corrected chi connectivity index (χ4v) is 3.30. The van der Waals surface area contributed by atoms with Crippen LogP contribution in [0.3, 0.4) is 0 Å². The van der Waals surface area contributed by atoms with Gasteiger partial charge in [0.15, 0.2) is 0 Å². The fourth-order valence-electron chi connectivity index (χ4n) is 3.30. The van der Waals surface area contributed by atoms with E-state index in [-0.39, 0.29) is 23.8 Å². The van der Waals surface area contributed by atoms with Crippen molar-refractivity contribution in [2.24, 2.45) is 5.92 Å². The first-order valence-corrected chi connectivity index (χ1v) is 7.76. The van der Waals surface area contributed by atoms with E-state index in [1.807, 2.05) is 19.9 Å². The summed E-state index contributed by atoms with van der Waals surface area (Å²) in [5.41, 5.74) is 3.60. The lowest BCUT2D eigenvalue weighted by Gasteiger charge is -2.20. The highest BCUT2D eigenvalue weighted by Gasteiger charge is 2.35. The van der Waals surface area contributed by atoms with Crippen molar-refractivity contribution in [1.82, 2.24) is 4.90 Å². The molecule has 1 heterocycles. The average Bonchev–Trinajstić information content (AvgIpc) is 3.04. The molecule has 1 atom stereocenters. The average molecular weight is 286 g/mol. The second kappa shape index (κ2) is 5.51. The molecule has 0 saturated carbocycles. The first kappa shape index (κ1) is 14.1. The predicted molar refractivity (Wildman–Crippen MR) is 82.1 cm³/mol. The van der Waals surface area contributed by atoms with E-state index >= 15 is 0 Å². The number of nitrogens with zero attached hydrogens (tertiary/aromatic N) is 1. The van der Waals surface area contributed by atoms with Gasteiger partial charge >= 0.3 is 0 Å². The first-order valence-electron chi connectivity index (χ1n) is 7.76. The van der Waals surface area contributed by atoms with Crippen molar-refractivity contribution in [2.45, 2.75) is 45.6 Å². The minimum atomic E-state index is -0.229. The van der Waals surface area contributed by atoms with E-state index in [4.69, 9.17) is 0 Å². The number of fused-ring (bicyclic) bond motifs is 1. The summed E-state index contributed by atoms with van der Waals surface area (Å²) in [6.07, 6.45) is 3.77. The van der Waals surface area contributed by atoms with Crippen LogP contribution < -0.4 is 5.32 Å². The number of amides is 2. The minimum absolute atomic E-state index is 0.0375. The Morgan fingerprint density at radius 1 is 1.29 bits per heavy atom. The van der Waals surface area contributed by atoms with Crippen LogP contribution in [0.1, 0.15) is 37.8 Å². The summed E-state index contributed by atoms with van der Waals surface area (Å²) in [5.74, 6) is -0.184. The molecule has 0 bridgehead atoms. The highest BCUT2D eigenvalue weighted by molar-refractivity contribution is 5.97. The summed E-state index contributed by atoms with van der Waals surface area (Å²) in [5, 5.41) is 2.98. The second-order valence-corrected chi connectivity index (χ2v) is 6.37. The van der Waals surface area contributed by atoms with Gasteiger partial charge in [0, 0.05) is 24.7 Å². The predicted octanol–water partition coefficient (Wildman–Crippen LogP) is 2.37. The lowest BCUT2D eigenvalue weighted by atomic mass is 10.1. The van der Waals surface area contributed by atoms with Gasteiger partial charge < -0.3 is 10.2 Å². The lowest BCUT2D eigenvalue weighted by molar-refractivity contribution is -0.129. The SMILES string of the molecule is CC(C)N1CC(C(=O)Nc2ccc3c(c2)CCC3)CC1=O. The zero-order valence-electron chi connectivity index (χ0n) is 12.7. The van der Waals surface area contributed by atoms with Gasteiger partial charge in [-0.05, 0) is 56.4 Å². The summed E-state index contributed by atoms with van der Waals surface area (Å²) in [6.45, 7) is 4.50. The number of nitrogens with one attached hydrogen (secondary N) is 1. The molecule has 1 aliphatic heterocycles. The molecule has 112 valence electrons. The van der Waals surface area contributed by atoms with Crippen LogP contribution in [0.25, 0.3) is 0 Å². The maximum atomic E-state index is 12.3. The minimum Gasteiger partial charge on any atom is -0.339 e. The zero-order valence-corrected chi connectivity index (χ0v) is 12.7. The molecule has 1 unspecified atom stereocenters. The summed E-state index contributed by atoms with van der Waals surface area (Å²) < 4.78 is 0. The van der Waals surface area contributed by atoms with Gasteiger partial charge in [-0.15, -0.1) is 0 Å². The van der Waals surface area contributed by atoms with Crippen LogP contribution in [0.4, 0.5) is 5.69 Å². The number of benzene rings is 1. The Bertz CT molecular complexity index is 580. The monoisotopic (exact) mass is 286 g/mol. The molecule has 2 aliphatic rings. The molecule has 0 aromatic heterocycles. The van der Waals surface area contributed by atoms with Crippen molar-refractivity contribution in [3.63, 3.8) is 0 Å². The number of rotatable bonds is 3. The van der Waals surface area contributed by atoms with Gasteiger partial charge in [-0.3, -0.25) is 9.59 Å². The molecule has 1 saturated heterocycles. The molecule has 2 amide bonds. The molecule has 0 spiro atoms. The number of carbonyl (C=O) groups is 2. The number of carbonyl (C=O) groups excluding carboxylic acids is 2. The van der Waals surface area contributed by atoms with E-state index in [9.17, 15) is 9.59 Å². The normalized spacial score (nSPS) is 21.0. The number of hydrogen-bond acceptors (Lipinski definition) is 2. The zero-order chi connectivity index (χ0) is 15.0. The molecule has 1 aromatic carbocycles. The van der Waals surface area contributed by atoms with Crippen molar-refractivity contribution in [1.29, 1.82) is 0 Å². The van der Waals surface area contributed by atoms with Crippen LogP contribution in [0.15, 0.2) is 18.2 Å². The second-order valence-electron chi connectivity index (χ2n) is 6.37. The van der Waals surface area contributed by atoms with Crippen molar-refractivity contribution < 1.29 is 9.59 Å². The Balaban J connectivity index is 1.66. The molecular weight excluding hydrogens is 264 g/mol. The summed E-state index contributed by atoms with van der Waals surface area (Å²) in [4.78, 5) is 26.0. The topological polar surface area (TPSA) is 49.4 Å². The Labute approximate surface area is 125 Å². The molecule has 0 radical (unpaired) electrons. The van der Waals surface area contributed by atoms with Gasteiger partial charge in [0.1, 0.15) is 0 Å². The lowest BCUT2D eigenvalue weighted by Crippen LogP contribution is -2.33. The van der Waals surface area contributed by atoms with Crippen molar-refractivity contribution >= 4 is 17.5 Å². The van der Waals surface area contributed by atoms with Crippen molar-refractivity contribution in [2.75, 3.05) is 11.9 Å². The standard InChI is InChI=1S/C17H22N2O2/c1-11(2)19-10-14(9-16(19)20)17(21)18-15-7-6-12-4-3-5-13(12)8-15/h6-8,11,14H,3-5,9-10H2,1-2H3,(H,18,21). The number of likely N-dealkylation sites (tertiary alicyclic amines) is 1. The quantitative estimate of drug-likeness (QED) is 0.927. The highest BCUT2D eigenvalue weighted by Crippen LogP contribution is 2.26.